The third-order valence-corrected chi connectivity index (χ3v) is 9.70. The van der Waals surface area contributed by atoms with Gasteiger partial charge in [0.25, 0.3) is 0 Å². The molecule has 0 atom stereocenters. The fraction of sp³-hybridized carbons (Fsp3) is 0. The van der Waals surface area contributed by atoms with Gasteiger partial charge < -0.3 is 4.42 Å². The van der Waals surface area contributed by atoms with Gasteiger partial charge >= 0.3 is 0 Å². The van der Waals surface area contributed by atoms with Gasteiger partial charge in [0.05, 0.1) is 22.0 Å². The highest BCUT2D eigenvalue weighted by Crippen LogP contribution is 2.42. The van der Waals surface area contributed by atoms with E-state index < -0.39 is 48.3 Å². The maximum Gasteiger partial charge on any atom is 0.238 e. The molecule has 242 valence electrons. The van der Waals surface area contributed by atoms with Crippen molar-refractivity contribution in [3.63, 3.8) is 0 Å². The molecule has 0 bridgehead atoms. The Morgan fingerprint density at radius 3 is 1.90 bits per heavy atom. The van der Waals surface area contributed by atoms with Crippen LogP contribution >= 0.6 is 0 Å². The number of hydrogen-bond donors (Lipinski definition) is 0. The van der Waals surface area contributed by atoms with E-state index in [9.17, 15) is 0 Å². The number of para-hydroxylation sites is 2. The summed E-state index contributed by atoms with van der Waals surface area (Å²) in [5.74, 6) is 0.384. The molecule has 0 aliphatic heterocycles. The Morgan fingerprint density at radius 2 is 1.12 bits per heavy atom. The van der Waals surface area contributed by atoms with E-state index >= 15 is 0 Å². The number of aromatic nitrogens is 4. The molecule has 0 aliphatic rings. The van der Waals surface area contributed by atoms with Crippen molar-refractivity contribution < 1.29 is 15.4 Å². The summed E-state index contributed by atoms with van der Waals surface area (Å²) in [5, 5.41) is 5.95. The van der Waals surface area contributed by atoms with Gasteiger partial charge in [-0.25, -0.2) is 4.98 Å². The molecular formula is C47H28N4O. The highest BCUT2D eigenvalue weighted by molar-refractivity contribution is 6.23. The second-order valence-corrected chi connectivity index (χ2v) is 12.6. The lowest BCUT2D eigenvalue weighted by atomic mass is 9.92. The van der Waals surface area contributed by atoms with Crippen molar-refractivity contribution in [2.24, 2.45) is 0 Å². The van der Waals surface area contributed by atoms with E-state index in [0.29, 0.717) is 22.3 Å². The fourth-order valence-electron chi connectivity index (χ4n) is 7.39. The Labute approximate surface area is 309 Å². The molecule has 8 aromatic carbocycles. The third-order valence-electron chi connectivity index (χ3n) is 9.70. The largest absolute Gasteiger partial charge is 0.456 e. The molecule has 0 spiro atoms. The molecule has 0 aliphatic carbocycles. The molecule has 0 fully saturated rings. The molecule has 0 amide bonds. The molecule has 5 heteroatoms. The average Bonchev–Trinajstić information content (AvgIpc) is 3.85. The van der Waals surface area contributed by atoms with Gasteiger partial charge in [-0.05, 0) is 69.0 Å². The van der Waals surface area contributed by atoms with Gasteiger partial charge in [0.15, 0.2) is 11.6 Å². The maximum atomic E-state index is 9.05. The minimum absolute atomic E-state index is 0.0627. The molecule has 0 radical (unpaired) electrons. The van der Waals surface area contributed by atoms with E-state index in [1.54, 1.807) is 0 Å². The van der Waals surface area contributed by atoms with E-state index in [0.717, 1.165) is 43.4 Å². The van der Waals surface area contributed by atoms with Gasteiger partial charge in [0, 0.05) is 32.7 Å². The van der Waals surface area contributed by atoms with Crippen molar-refractivity contribution in [2.75, 3.05) is 0 Å². The number of fused-ring (bicyclic) bond motifs is 9. The minimum Gasteiger partial charge on any atom is -0.456 e. The summed E-state index contributed by atoms with van der Waals surface area (Å²) in [6.07, 6.45) is 0. The maximum absolute atomic E-state index is 9.05. The summed E-state index contributed by atoms with van der Waals surface area (Å²) in [6.45, 7) is 0. The van der Waals surface area contributed by atoms with Crippen LogP contribution in [0.5, 0.6) is 0 Å². The van der Waals surface area contributed by atoms with E-state index in [-0.39, 0.29) is 39.4 Å². The summed E-state index contributed by atoms with van der Waals surface area (Å²) in [7, 11) is 0. The minimum atomic E-state index is -0.530. The van der Waals surface area contributed by atoms with Crippen molar-refractivity contribution in [3.05, 3.63) is 170 Å². The van der Waals surface area contributed by atoms with Crippen LogP contribution in [0.15, 0.2) is 174 Å². The Balaban J connectivity index is 1.20. The highest BCUT2D eigenvalue weighted by atomic mass is 16.3. The Kier molecular flexibility index (Phi) is 4.71. The average molecular weight is 673 g/mol. The molecule has 0 saturated carbocycles. The van der Waals surface area contributed by atoms with Crippen molar-refractivity contribution in [1.29, 1.82) is 0 Å². The summed E-state index contributed by atoms with van der Waals surface area (Å²) in [4.78, 5) is 14.7. The molecule has 11 rings (SSSR count). The van der Waals surface area contributed by atoms with E-state index in [1.165, 1.54) is 4.57 Å². The quantitative estimate of drug-likeness (QED) is 0.187. The zero-order valence-electron chi connectivity index (χ0n) is 35.2. The zero-order valence-corrected chi connectivity index (χ0v) is 27.2. The van der Waals surface area contributed by atoms with Gasteiger partial charge in [-0.1, -0.05) is 133 Å². The normalized spacial score (nSPS) is 14.0. The Hall–Kier alpha value is -7.11. The van der Waals surface area contributed by atoms with Gasteiger partial charge in [-0.2, -0.15) is 9.97 Å². The van der Waals surface area contributed by atoms with Crippen LogP contribution in [0.25, 0.3) is 105 Å². The molecule has 3 aromatic heterocycles. The van der Waals surface area contributed by atoms with Crippen LogP contribution in [0.2, 0.25) is 0 Å². The van der Waals surface area contributed by atoms with Crippen molar-refractivity contribution in [1.82, 2.24) is 19.5 Å². The molecule has 0 N–H and O–H groups in total. The topological polar surface area (TPSA) is 56.7 Å². The van der Waals surface area contributed by atoms with Crippen LogP contribution in [0, 0.1) is 0 Å². The van der Waals surface area contributed by atoms with E-state index in [1.807, 2.05) is 72.8 Å². The predicted molar refractivity (Wildman–Crippen MR) is 213 cm³/mol. The SMILES string of the molecule is [2H]c1c([2H])c([2H])c2c(c1[2H])c1c([2H])c([2H])c([2H])c([2H])c1n2-c1nc(-c2ccccc2)nc(-c2ccc3oc4cc(-c5cccc6ccccc56)c5ccccc5c4c3c2)n1. The van der Waals surface area contributed by atoms with Crippen LogP contribution in [-0.4, -0.2) is 19.5 Å². The Morgan fingerprint density at radius 1 is 0.462 bits per heavy atom. The predicted octanol–water partition coefficient (Wildman–Crippen LogP) is 12.2. The highest BCUT2D eigenvalue weighted by Gasteiger charge is 2.20. The van der Waals surface area contributed by atoms with Crippen LogP contribution in [0.1, 0.15) is 11.0 Å². The lowest BCUT2D eigenvalue weighted by Crippen LogP contribution is -2.06. The van der Waals surface area contributed by atoms with Crippen LogP contribution in [-0.2, 0) is 0 Å². The third kappa shape index (κ3) is 4.33. The number of hydrogen-bond acceptors (Lipinski definition) is 4. The number of furan rings is 1. The number of rotatable bonds is 4. The summed E-state index contributed by atoms with van der Waals surface area (Å²) >= 11 is 0. The second kappa shape index (κ2) is 11.2. The van der Waals surface area contributed by atoms with Gasteiger partial charge in [0.2, 0.25) is 5.95 Å². The summed E-state index contributed by atoms with van der Waals surface area (Å²) < 4.78 is 77.9. The van der Waals surface area contributed by atoms with Crippen LogP contribution in [0.3, 0.4) is 0 Å². The lowest BCUT2D eigenvalue weighted by Gasteiger charge is -2.12. The fourth-order valence-corrected chi connectivity index (χ4v) is 7.39. The van der Waals surface area contributed by atoms with Crippen molar-refractivity contribution in [2.45, 2.75) is 0 Å². The van der Waals surface area contributed by atoms with Crippen molar-refractivity contribution in [3.8, 4) is 39.9 Å². The standard InChI is InChI=1S/C47H28N4O/c1-2-14-30(15-3-1)45-48-46(50-47(49-45)51-40-23-10-8-19-35(40)36-20-9-11-24-41(36)51)31-25-26-42-39(27-31)44-37-21-7-6-18-34(37)38(28-43(44)52-42)33-22-12-16-29-13-4-5-17-32(29)33/h1-28H/i8D,9D,10D,11D,19D,20D,23D,24D. The molecule has 0 unspecified atom stereocenters. The van der Waals surface area contributed by atoms with Crippen LogP contribution < -0.4 is 0 Å². The first kappa shape index (κ1) is 21.9. The molecule has 3 heterocycles. The smallest absolute Gasteiger partial charge is 0.238 e. The second-order valence-electron chi connectivity index (χ2n) is 12.6. The first-order valence-corrected chi connectivity index (χ1v) is 16.8. The van der Waals surface area contributed by atoms with E-state index in [4.69, 9.17) is 30.3 Å². The van der Waals surface area contributed by atoms with Crippen LogP contribution in [0.4, 0.5) is 0 Å². The van der Waals surface area contributed by atoms with Gasteiger partial charge in [0.1, 0.15) is 11.2 Å². The number of nitrogens with zero attached hydrogens (tertiary/aromatic N) is 4. The van der Waals surface area contributed by atoms with Gasteiger partial charge in [-0.15, -0.1) is 0 Å². The first-order valence-electron chi connectivity index (χ1n) is 20.8. The van der Waals surface area contributed by atoms with Gasteiger partial charge in [-0.3, -0.25) is 4.57 Å². The lowest BCUT2D eigenvalue weighted by molar-refractivity contribution is 0.669. The molecule has 11 aromatic rings. The first-order chi connectivity index (χ1) is 29.1. The molecular weight excluding hydrogens is 637 g/mol. The summed E-state index contributed by atoms with van der Waals surface area (Å²) in [5.41, 5.74) is 4.57. The summed E-state index contributed by atoms with van der Waals surface area (Å²) in [6, 6.07) is 36.0. The zero-order chi connectivity index (χ0) is 41.1. The Bertz CT molecular complexity index is 3580. The monoisotopic (exact) mass is 672 g/mol. The molecule has 0 saturated heterocycles. The number of benzene rings is 8. The van der Waals surface area contributed by atoms with E-state index in [2.05, 4.69) is 48.5 Å². The molecule has 52 heavy (non-hydrogen) atoms. The van der Waals surface area contributed by atoms with Crippen molar-refractivity contribution >= 4 is 65.3 Å². The molecule has 5 nitrogen and oxygen atoms in total.